The Labute approximate surface area is 126 Å². The molecule has 5 nitrogen and oxygen atoms in total. The Bertz CT molecular complexity index is 528. The fraction of sp³-hybridized carbons (Fsp3) is 0.562. The van der Waals surface area contributed by atoms with Crippen molar-refractivity contribution in [2.24, 2.45) is 0 Å². The molecule has 0 spiro atoms. The lowest BCUT2D eigenvalue weighted by Crippen LogP contribution is -2.59. The van der Waals surface area contributed by atoms with Gasteiger partial charge in [-0.2, -0.15) is 0 Å². The largest absolute Gasteiger partial charge is 0.399 e. The molecule has 1 atom stereocenters. The number of anilines is 2. The van der Waals surface area contributed by atoms with Gasteiger partial charge in [-0.05, 0) is 45.4 Å². The highest BCUT2D eigenvalue weighted by Crippen LogP contribution is 2.23. The number of amides is 1. The van der Waals surface area contributed by atoms with Crippen molar-refractivity contribution in [3.05, 3.63) is 23.8 Å². The fourth-order valence-corrected chi connectivity index (χ4v) is 2.74. The molecule has 1 aromatic rings. The number of nitrogens with one attached hydrogen (secondary N) is 1. The Morgan fingerprint density at radius 2 is 2.19 bits per heavy atom. The van der Waals surface area contributed by atoms with Gasteiger partial charge in [-0.3, -0.25) is 9.69 Å². The SMILES string of the molecule is Cc1ccc(N)cc1NC(=O)C(C)N1CCOCC1(C)C. The van der Waals surface area contributed by atoms with Crippen LogP contribution in [0.15, 0.2) is 18.2 Å². The summed E-state index contributed by atoms with van der Waals surface area (Å²) in [6.45, 7) is 10.2. The minimum absolute atomic E-state index is 0.0151. The zero-order valence-corrected chi connectivity index (χ0v) is 13.3. The van der Waals surface area contributed by atoms with Crippen molar-refractivity contribution >= 4 is 17.3 Å². The van der Waals surface area contributed by atoms with E-state index in [1.807, 2.05) is 26.0 Å². The van der Waals surface area contributed by atoms with E-state index in [1.165, 1.54) is 0 Å². The second kappa shape index (κ2) is 6.03. The molecule has 1 saturated heterocycles. The summed E-state index contributed by atoms with van der Waals surface area (Å²) in [6.07, 6.45) is 0. The van der Waals surface area contributed by atoms with Crippen molar-refractivity contribution in [2.45, 2.75) is 39.3 Å². The second-order valence-electron chi connectivity index (χ2n) is 6.30. The smallest absolute Gasteiger partial charge is 0.241 e. The predicted molar refractivity (Wildman–Crippen MR) is 85.3 cm³/mol. The van der Waals surface area contributed by atoms with Crippen LogP contribution in [0.5, 0.6) is 0 Å². The fourth-order valence-electron chi connectivity index (χ4n) is 2.74. The molecule has 2 rings (SSSR count). The maximum absolute atomic E-state index is 12.5. The van der Waals surface area contributed by atoms with Crippen molar-refractivity contribution < 1.29 is 9.53 Å². The lowest BCUT2D eigenvalue weighted by atomic mass is 9.99. The Morgan fingerprint density at radius 1 is 1.48 bits per heavy atom. The number of morpholine rings is 1. The van der Waals surface area contributed by atoms with Gasteiger partial charge in [0.15, 0.2) is 0 Å². The summed E-state index contributed by atoms with van der Waals surface area (Å²) >= 11 is 0. The molecule has 1 aromatic carbocycles. The van der Waals surface area contributed by atoms with Crippen molar-refractivity contribution in [1.29, 1.82) is 0 Å². The van der Waals surface area contributed by atoms with Gasteiger partial charge in [0.2, 0.25) is 5.91 Å². The van der Waals surface area contributed by atoms with Crippen LogP contribution in [0.1, 0.15) is 26.3 Å². The van der Waals surface area contributed by atoms with E-state index in [1.54, 1.807) is 6.07 Å². The molecule has 0 aromatic heterocycles. The highest BCUT2D eigenvalue weighted by molar-refractivity contribution is 5.95. The highest BCUT2D eigenvalue weighted by atomic mass is 16.5. The first-order valence-electron chi connectivity index (χ1n) is 7.33. The lowest BCUT2D eigenvalue weighted by Gasteiger charge is -2.44. The minimum atomic E-state index is -0.218. The van der Waals surface area contributed by atoms with Crippen molar-refractivity contribution in [2.75, 3.05) is 30.8 Å². The van der Waals surface area contributed by atoms with Crippen LogP contribution in [0.2, 0.25) is 0 Å². The quantitative estimate of drug-likeness (QED) is 0.836. The van der Waals surface area contributed by atoms with Gasteiger partial charge in [-0.15, -0.1) is 0 Å². The minimum Gasteiger partial charge on any atom is -0.399 e. The monoisotopic (exact) mass is 291 g/mol. The van der Waals surface area contributed by atoms with Crippen molar-refractivity contribution in [3.63, 3.8) is 0 Å². The molecular formula is C16H25N3O2. The first-order chi connectivity index (χ1) is 9.81. The van der Waals surface area contributed by atoms with E-state index in [-0.39, 0.29) is 17.5 Å². The van der Waals surface area contributed by atoms with Gasteiger partial charge < -0.3 is 15.8 Å². The molecule has 1 fully saturated rings. The number of hydrogen-bond donors (Lipinski definition) is 2. The van der Waals surface area contributed by atoms with E-state index in [0.717, 1.165) is 17.8 Å². The zero-order chi connectivity index (χ0) is 15.6. The van der Waals surface area contributed by atoms with E-state index >= 15 is 0 Å². The summed E-state index contributed by atoms with van der Waals surface area (Å²) in [6, 6.07) is 5.32. The molecule has 0 saturated carbocycles. The molecule has 1 aliphatic heterocycles. The second-order valence-corrected chi connectivity index (χ2v) is 6.30. The summed E-state index contributed by atoms with van der Waals surface area (Å²) < 4.78 is 5.51. The number of rotatable bonds is 3. The molecule has 0 radical (unpaired) electrons. The van der Waals surface area contributed by atoms with Crippen LogP contribution in [0.4, 0.5) is 11.4 Å². The summed E-state index contributed by atoms with van der Waals surface area (Å²) in [5.74, 6) is -0.0151. The molecule has 116 valence electrons. The molecule has 0 aliphatic carbocycles. The summed E-state index contributed by atoms with van der Waals surface area (Å²) in [4.78, 5) is 14.7. The molecule has 1 heterocycles. The summed E-state index contributed by atoms with van der Waals surface area (Å²) in [5, 5.41) is 2.98. The lowest BCUT2D eigenvalue weighted by molar-refractivity contribution is -0.129. The van der Waals surface area contributed by atoms with Crippen LogP contribution >= 0.6 is 0 Å². The van der Waals surface area contributed by atoms with Gasteiger partial charge in [-0.25, -0.2) is 0 Å². The molecule has 0 bridgehead atoms. The van der Waals surface area contributed by atoms with Crippen molar-refractivity contribution in [3.8, 4) is 0 Å². The first-order valence-corrected chi connectivity index (χ1v) is 7.33. The van der Waals surface area contributed by atoms with Crippen LogP contribution in [0.25, 0.3) is 0 Å². The number of benzene rings is 1. The average Bonchev–Trinajstić information content (AvgIpc) is 2.41. The number of carbonyl (C=O) groups is 1. The van der Waals surface area contributed by atoms with Crippen LogP contribution in [0.3, 0.4) is 0 Å². The third-order valence-corrected chi connectivity index (χ3v) is 4.08. The van der Waals surface area contributed by atoms with E-state index in [0.29, 0.717) is 18.9 Å². The predicted octanol–water partition coefficient (Wildman–Crippen LogP) is 2.02. The zero-order valence-electron chi connectivity index (χ0n) is 13.3. The summed E-state index contributed by atoms with van der Waals surface area (Å²) in [7, 11) is 0. The summed E-state index contributed by atoms with van der Waals surface area (Å²) in [5.41, 5.74) is 8.08. The van der Waals surface area contributed by atoms with Crippen LogP contribution in [-0.4, -0.2) is 42.1 Å². The van der Waals surface area contributed by atoms with Gasteiger partial charge in [-0.1, -0.05) is 6.07 Å². The van der Waals surface area contributed by atoms with Gasteiger partial charge >= 0.3 is 0 Å². The molecule has 1 amide bonds. The van der Waals surface area contributed by atoms with E-state index in [2.05, 4.69) is 24.1 Å². The number of nitrogen functional groups attached to an aromatic ring is 1. The third kappa shape index (κ3) is 3.54. The third-order valence-electron chi connectivity index (χ3n) is 4.08. The maximum atomic E-state index is 12.5. The van der Waals surface area contributed by atoms with Gasteiger partial charge in [0.25, 0.3) is 0 Å². The van der Waals surface area contributed by atoms with Gasteiger partial charge in [0, 0.05) is 23.5 Å². The number of aryl methyl sites for hydroxylation is 1. The van der Waals surface area contributed by atoms with Crippen molar-refractivity contribution in [1.82, 2.24) is 4.90 Å². The Morgan fingerprint density at radius 3 is 2.86 bits per heavy atom. The molecule has 5 heteroatoms. The maximum Gasteiger partial charge on any atom is 0.241 e. The average molecular weight is 291 g/mol. The number of nitrogens with zero attached hydrogens (tertiary/aromatic N) is 1. The highest BCUT2D eigenvalue weighted by Gasteiger charge is 2.36. The van der Waals surface area contributed by atoms with Gasteiger partial charge in [0.05, 0.1) is 19.3 Å². The van der Waals surface area contributed by atoms with Crippen LogP contribution in [-0.2, 0) is 9.53 Å². The molecule has 21 heavy (non-hydrogen) atoms. The number of ether oxygens (including phenoxy) is 1. The topological polar surface area (TPSA) is 67.6 Å². The Kier molecular flexibility index (Phi) is 4.54. The van der Waals surface area contributed by atoms with E-state index in [9.17, 15) is 4.79 Å². The molecule has 3 N–H and O–H groups in total. The van der Waals surface area contributed by atoms with E-state index < -0.39 is 0 Å². The van der Waals surface area contributed by atoms with E-state index in [4.69, 9.17) is 10.5 Å². The number of nitrogens with two attached hydrogens (primary N) is 1. The first kappa shape index (κ1) is 15.8. The Hall–Kier alpha value is -1.59. The normalized spacial score (nSPS) is 20.0. The molecular weight excluding hydrogens is 266 g/mol. The Balaban J connectivity index is 2.10. The van der Waals surface area contributed by atoms with Crippen LogP contribution in [0, 0.1) is 6.92 Å². The molecule has 1 aliphatic rings. The molecule has 1 unspecified atom stereocenters. The number of carbonyl (C=O) groups excluding carboxylic acids is 1. The van der Waals surface area contributed by atoms with Gasteiger partial charge in [0.1, 0.15) is 0 Å². The van der Waals surface area contributed by atoms with Crippen LogP contribution < -0.4 is 11.1 Å². The number of hydrogen-bond acceptors (Lipinski definition) is 4. The standard InChI is InChI=1S/C16H25N3O2/c1-11-5-6-13(17)9-14(11)18-15(20)12(2)19-7-8-21-10-16(19,3)4/h5-6,9,12H,7-8,10,17H2,1-4H3,(H,18,20).